The smallest absolute Gasteiger partial charge is 0.345 e. The average Bonchev–Trinajstić information content (AvgIpc) is 2.60. The van der Waals surface area contributed by atoms with Crippen LogP contribution in [0.15, 0.2) is 60.8 Å². The van der Waals surface area contributed by atoms with Crippen molar-refractivity contribution < 1.29 is 23.0 Å². The number of halogens is 3. The third-order valence-electron chi connectivity index (χ3n) is 3.12. The molecule has 0 aliphatic heterocycles. The van der Waals surface area contributed by atoms with E-state index < -0.39 is 17.6 Å². The molecule has 3 rings (SSSR count). The van der Waals surface area contributed by atoms with E-state index in [1.54, 1.807) is 36.5 Å². The van der Waals surface area contributed by atoms with E-state index in [9.17, 15) is 13.6 Å². The molecule has 0 aliphatic rings. The summed E-state index contributed by atoms with van der Waals surface area (Å²) < 4.78 is 36.9. The van der Waals surface area contributed by atoms with Crippen LogP contribution in [-0.2, 0) is 0 Å². The van der Waals surface area contributed by atoms with Crippen LogP contribution in [0.2, 0.25) is 5.02 Å². The molecule has 0 N–H and O–H groups in total. The highest BCUT2D eigenvalue weighted by Gasteiger charge is 2.17. The van der Waals surface area contributed by atoms with Crippen LogP contribution >= 0.6 is 11.6 Å². The maximum atomic E-state index is 13.3. The number of hydrogen-bond acceptors (Lipinski definition) is 4. The van der Waals surface area contributed by atoms with Gasteiger partial charge in [-0.2, -0.15) is 0 Å². The first-order valence-electron chi connectivity index (χ1n) is 7.08. The highest BCUT2D eigenvalue weighted by molar-refractivity contribution is 6.33. The molecule has 0 atom stereocenters. The number of carbonyl (C=O) groups excluding carboxylic acids is 1. The predicted octanol–water partition coefficient (Wildman–Crippen LogP) is 5.02. The minimum absolute atomic E-state index is 0.194. The third-order valence-corrected chi connectivity index (χ3v) is 3.44. The number of pyridine rings is 1. The highest BCUT2D eigenvalue weighted by atomic mass is 35.5. The lowest BCUT2D eigenvalue weighted by Gasteiger charge is -2.08. The zero-order valence-electron chi connectivity index (χ0n) is 12.6. The molecule has 2 aromatic carbocycles. The monoisotopic (exact) mass is 361 g/mol. The van der Waals surface area contributed by atoms with E-state index in [4.69, 9.17) is 21.1 Å². The van der Waals surface area contributed by atoms with Gasteiger partial charge >= 0.3 is 5.97 Å². The van der Waals surface area contributed by atoms with E-state index >= 15 is 0 Å². The van der Waals surface area contributed by atoms with Crippen molar-refractivity contribution in [1.82, 2.24) is 4.98 Å². The molecule has 0 radical (unpaired) electrons. The summed E-state index contributed by atoms with van der Waals surface area (Å²) >= 11 is 5.74. The summed E-state index contributed by atoms with van der Waals surface area (Å²) in [6.07, 6.45) is 1.59. The normalized spacial score (nSPS) is 10.4. The van der Waals surface area contributed by atoms with Crippen molar-refractivity contribution in [2.24, 2.45) is 0 Å². The Hall–Kier alpha value is -2.99. The van der Waals surface area contributed by atoms with Crippen molar-refractivity contribution in [3.8, 4) is 17.4 Å². The fraction of sp³-hybridized carbons (Fsp3) is 0. The van der Waals surface area contributed by atoms with Gasteiger partial charge in [0.1, 0.15) is 11.5 Å². The SMILES string of the molecule is O=C(Oc1ccc(Oc2ccccn2)cc1)c1cc(F)c(F)cc1Cl. The Morgan fingerprint density at radius 2 is 1.64 bits per heavy atom. The second kappa shape index (κ2) is 7.27. The van der Waals surface area contributed by atoms with Gasteiger partial charge in [-0.15, -0.1) is 0 Å². The Morgan fingerprint density at radius 1 is 0.960 bits per heavy atom. The molecule has 0 bridgehead atoms. The molecule has 0 aliphatic carbocycles. The van der Waals surface area contributed by atoms with Gasteiger partial charge in [0, 0.05) is 12.3 Å². The van der Waals surface area contributed by atoms with E-state index in [2.05, 4.69) is 4.98 Å². The first-order chi connectivity index (χ1) is 12.0. The average molecular weight is 362 g/mol. The lowest BCUT2D eigenvalue weighted by molar-refractivity contribution is 0.0734. The summed E-state index contributed by atoms with van der Waals surface area (Å²) in [5, 5.41) is -0.237. The maximum absolute atomic E-state index is 13.3. The molecule has 0 fully saturated rings. The molecule has 3 aromatic rings. The fourth-order valence-corrected chi connectivity index (χ4v) is 2.17. The Balaban J connectivity index is 1.71. The number of rotatable bonds is 4. The number of nitrogens with zero attached hydrogens (tertiary/aromatic N) is 1. The van der Waals surface area contributed by atoms with Crippen LogP contribution in [0.3, 0.4) is 0 Å². The van der Waals surface area contributed by atoms with Gasteiger partial charge < -0.3 is 9.47 Å². The topological polar surface area (TPSA) is 48.4 Å². The van der Waals surface area contributed by atoms with Gasteiger partial charge in [-0.3, -0.25) is 0 Å². The lowest BCUT2D eigenvalue weighted by Crippen LogP contribution is -2.10. The van der Waals surface area contributed by atoms with E-state index in [1.165, 1.54) is 12.1 Å². The van der Waals surface area contributed by atoms with Gasteiger partial charge in [0.05, 0.1) is 10.6 Å². The van der Waals surface area contributed by atoms with Crippen molar-refractivity contribution in [3.05, 3.63) is 83.0 Å². The highest BCUT2D eigenvalue weighted by Crippen LogP contribution is 2.25. The van der Waals surface area contributed by atoms with Crippen molar-refractivity contribution in [2.75, 3.05) is 0 Å². The molecule has 1 heterocycles. The fourth-order valence-electron chi connectivity index (χ4n) is 1.94. The van der Waals surface area contributed by atoms with Crippen molar-refractivity contribution >= 4 is 17.6 Å². The largest absolute Gasteiger partial charge is 0.439 e. The first-order valence-corrected chi connectivity index (χ1v) is 7.46. The van der Waals surface area contributed by atoms with Gasteiger partial charge in [0.25, 0.3) is 0 Å². The van der Waals surface area contributed by atoms with Crippen molar-refractivity contribution in [3.63, 3.8) is 0 Å². The minimum Gasteiger partial charge on any atom is -0.439 e. The Bertz CT molecular complexity index is 902. The van der Waals surface area contributed by atoms with Crippen molar-refractivity contribution in [2.45, 2.75) is 0 Å². The standard InChI is InChI=1S/C18H10ClF2NO3/c19-14-10-16(21)15(20)9-13(14)18(23)25-12-6-4-11(5-7-12)24-17-3-1-2-8-22-17/h1-10H. The predicted molar refractivity (Wildman–Crippen MR) is 87.1 cm³/mol. The van der Waals surface area contributed by atoms with Gasteiger partial charge in [-0.05, 0) is 42.5 Å². The summed E-state index contributed by atoms with van der Waals surface area (Å²) in [6.45, 7) is 0. The molecule has 0 saturated heterocycles. The number of esters is 1. The summed E-state index contributed by atoms with van der Waals surface area (Å²) in [7, 11) is 0. The number of ether oxygens (including phenoxy) is 2. The summed E-state index contributed by atoms with van der Waals surface area (Å²) in [5.74, 6) is -2.13. The number of benzene rings is 2. The number of hydrogen-bond donors (Lipinski definition) is 0. The molecule has 4 nitrogen and oxygen atoms in total. The van der Waals surface area contributed by atoms with E-state index in [0.29, 0.717) is 17.7 Å². The third kappa shape index (κ3) is 4.10. The van der Waals surface area contributed by atoms with Crippen LogP contribution < -0.4 is 9.47 Å². The van der Waals surface area contributed by atoms with Gasteiger partial charge in [0.15, 0.2) is 11.6 Å². The second-order valence-electron chi connectivity index (χ2n) is 4.88. The molecule has 7 heteroatoms. The number of carbonyl (C=O) groups is 1. The van der Waals surface area contributed by atoms with Crippen LogP contribution in [0.5, 0.6) is 17.4 Å². The molecule has 0 amide bonds. The summed E-state index contributed by atoms with van der Waals surface area (Å²) in [6, 6.07) is 12.8. The van der Waals surface area contributed by atoms with Gasteiger partial charge in [0.2, 0.25) is 5.88 Å². The molecule has 0 saturated carbocycles. The van der Waals surface area contributed by atoms with Gasteiger partial charge in [-0.25, -0.2) is 18.6 Å². The minimum atomic E-state index is -1.18. The second-order valence-corrected chi connectivity index (χ2v) is 5.28. The first kappa shape index (κ1) is 16.9. The van der Waals surface area contributed by atoms with E-state index in [1.807, 2.05) is 0 Å². The Morgan fingerprint density at radius 3 is 2.32 bits per heavy atom. The van der Waals surface area contributed by atoms with Crippen LogP contribution in [0.4, 0.5) is 8.78 Å². The van der Waals surface area contributed by atoms with Crippen LogP contribution in [0.1, 0.15) is 10.4 Å². The number of aromatic nitrogens is 1. The summed E-state index contributed by atoms with van der Waals surface area (Å²) in [5.41, 5.74) is -0.269. The molecular weight excluding hydrogens is 352 g/mol. The molecule has 0 spiro atoms. The van der Waals surface area contributed by atoms with Gasteiger partial charge in [-0.1, -0.05) is 17.7 Å². The molecule has 1 aromatic heterocycles. The molecule has 126 valence electrons. The maximum Gasteiger partial charge on any atom is 0.345 e. The Labute approximate surface area is 146 Å². The van der Waals surface area contributed by atoms with E-state index in [-0.39, 0.29) is 16.3 Å². The molecule has 0 unspecified atom stereocenters. The van der Waals surface area contributed by atoms with Crippen LogP contribution in [0, 0.1) is 11.6 Å². The molecule has 25 heavy (non-hydrogen) atoms. The van der Waals surface area contributed by atoms with Crippen molar-refractivity contribution in [1.29, 1.82) is 0 Å². The van der Waals surface area contributed by atoms with Crippen LogP contribution in [-0.4, -0.2) is 11.0 Å². The lowest BCUT2D eigenvalue weighted by atomic mass is 10.2. The molecular formula is C18H10ClF2NO3. The summed E-state index contributed by atoms with van der Waals surface area (Å²) in [4.78, 5) is 16.1. The zero-order chi connectivity index (χ0) is 17.8. The van der Waals surface area contributed by atoms with Crippen LogP contribution in [0.25, 0.3) is 0 Å². The van der Waals surface area contributed by atoms with E-state index in [0.717, 1.165) is 6.07 Å². The Kier molecular flexibility index (Phi) is 4.90. The quantitative estimate of drug-likeness (QED) is 0.372. The zero-order valence-corrected chi connectivity index (χ0v) is 13.3.